The van der Waals surface area contributed by atoms with Crippen LogP contribution in [0.2, 0.25) is 0 Å². The van der Waals surface area contributed by atoms with E-state index in [2.05, 4.69) is 75.4 Å². The highest BCUT2D eigenvalue weighted by atomic mass is 16.5. The van der Waals surface area contributed by atoms with Crippen molar-refractivity contribution in [3.63, 3.8) is 0 Å². The van der Waals surface area contributed by atoms with Crippen LogP contribution in [-0.4, -0.2) is 39.4 Å². The summed E-state index contributed by atoms with van der Waals surface area (Å²) in [6.07, 6.45) is 3.49. The van der Waals surface area contributed by atoms with Crippen molar-refractivity contribution in [2.45, 2.75) is 39.7 Å². The fraction of sp³-hybridized carbons (Fsp3) is 0.229. The Kier molecular flexibility index (Phi) is 7.69. The summed E-state index contributed by atoms with van der Waals surface area (Å²) in [6.45, 7) is 9.59. The number of ether oxygens (including phenoxy) is 1. The molecule has 0 unspecified atom stereocenters. The first-order valence-electron chi connectivity index (χ1n) is 14.7. The maximum atomic E-state index is 14.0. The fourth-order valence-corrected chi connectivity index (χ4v) is 5.44. The van der Waals surface area contributed by atoms with Gasteiger partial charge >= 0.3 is 6.03 Å². The van der Waals surface area contributed by atoms with Gasteiger partial charge in [0.15, 0.2) is 0 Å². The van der Waals surface area contributed by atoms with Crippen LogP contribution < -0.4 is 20.3 Å². The molecule has 0 spiro atoms. The van der Waals surface area contributed by atoms with Crippen LogP contribution in [0, 0.1) is 6.92 Å². The minimum absolute atomic E-state index is 0.0781. The number of benzene rings is 4. The molecule has 9 heteroatoms. The Labute approximate surface area is 256 Å². The Balaban J connectivity index is 1.26. The molecule has 0 radical (unpaired) electrons. The number of hydrogen-bond donors (Lipinski definition) is 3. The largest absolute Gasteiger partial charge is 0.491 e. The lowest BCUT2D eigenvalue weighted by Crippen LogP contribution is -2.32. The van der Waals surface area contributed by atoms with Gasteiger partial charge in [-0.2, -0.15) is 5.10 Å². The van der Waals surface area contributed by atoms with Crippen LogP contribution in [-0.2, 0) is 12.0 Å². The van der Waals surface area contributed by atoms with Gasteiger partial charge in [0.05, 0.1) is 41.6 Å². The molecule has 0 saturated carbocycles. The number of imidazole rings is 1. The number of anilines is 4. The summed E-state index contributed by atoms with van der Waals surface area (Å²) in [6, 6.07) is 25.6. The molecule has 0 fully saturated rings. The third-order valence-electron chi connectivity index (χ3n) is 7.88. The number of urea groups is 1. The molecule has 224 valence electrons. The number of aryl methyl sites for hydroxylation is 1. The number of para-hydroxylation sites is 1. The summed E-state index contributed by atoms with van der Waals surface area (Å²) in [5, 5.41) is 15.2. The van der Waals surface area contributed by atoms with Crippen molar-refractivity contribution < 1.29 is 9.53 Å². The number of hydrogen-bond acceptors (Lipinski definition) is 5. The molecule has 0 aliphatic carbocycles. The van der Waals surface area contributed by atoms with E-state index in [4.69, 9.17) is 4.74 Å². The second-order valence-electron chi connectivity index (χ2n) is 11.8. The molecule has 2 aromatic heterocycles. The van der Waals surface area contributed by atoms with Crippen molar-refractivity contribution in [3.05, 3.63) is 103 Å². The van der Waals surface area contributed by atoms with Gasteiger partial charge in [0.2, 0.25) is 0 Å². The summed E-state index contributed by atoms with van der Waals surface area (Å²) >= 11 is 0. The van der Waals surface area contributed by atoms with E-state index in [0.29, 0.717) is 24.7 Å². The Hall–Kier alpha value is -5.31. The molecule has 0 atom stereocenters. The molecule has 0 saturated heterocycles. The zero-order valence-electron chi connectivity index (χ0n) is 25.7. The number of nitrogens with zero attached hydrogens (tertiary/aromatic N) is 4. The highest BCUT2D eigenvalue weighted by Gasteiger charge is 2.24. The summed E-state index contributed by atoms with van der Waals surface area (Å²) < 4.78 is 8.38. The number of rotatable bonds is 8. The lowest BCUT2D eigenvalue weighted by atomic mass is 9.86. The smallest absolute Gasteiger partial charge is 0.332 e. The van der Waals surface area contributed by atoms with E-state index in [1.165, 1.54) is 0 Å². The van der Waals surface area contributed by atoms with E-state index in [1.54, 1.807) is 17.2 Å². The van der Waals surface area contributed by atoms with Crippen molar-refractivity contribution in [2.24, 2.45) is 0 Å². The molecule has 3 N–H and O–H groups in total. The van der Waals surface area contributed by atoms with Gasteiger partial charge in [-0.05, 0) is 53.8 Å². The predicted molar refractivity (Wildman–Crippen MR) is 178 cm³/mol. The molecule has 2 heterocycles. The standard InChI is InChI=1S/C35H37N7O2/c1-23-13-14-24(35(2,3)4)21-30(23)42(32-17-18-38-40-32)34(43)39-27-15-16-31(26-10-7-6-9-25(26)27)44-20-19-41-22-37-33-28(36-5)11-8-12-29(33)41/h6-18,21-22,36H,19-20H2,1-5H3,(H,38,40)(H,39,43). The molecule has 0 aliphatic rings. The number of carbonyl (C=O) groups is 1. The molecular weight excluding hydrogens is 550 g/mol. The van der Waals surface area contributed by atoms with Crippen molar-refractivity contribution in [1.29, 1.82) is 0 Å². The number of nitrogens with one attached hydrogen (secondary N) is 3. The third kappa shape index (κ3) is 5.56. The van der Waals surface area contributed by atoms with E-state index in [-0.39, 0.29) is 11.4 Å². The number of H-pyrrole nitrogens is 1. The number of aromatic amines is 1. The van der Waals surface area contributed by atoms with Crippen LogP contribution >= 0.6 is 0 Å². The van der Waals surface area contributed by atoms with Gasteiger partial charge in [0.1, 0.15) is 23.7 Å². The molecule has 44 heavy (non-hydrogen) atoms. The maximum absolute atomic E-state index is 14.0. The Bertz CT molecular complexity index is 1940. The van der Waals surface area contributed by atoms with Crippen LogP contribution in [0.25, 0.3) is 21.8 Å². The molecular formula is C35H37N7O2. The monoisotopic (exact) mass is 587 g/mol. The number of fused-ring (bicyclic) bond motifs is 2. The summed E-state index contributed by atoms with van der Waals surface area (Å²) in [5.41, 5.74) is 6.49. The quantitative estimate of drug-likeness (QED) is 0.167. The summed E-state index contributed by atoms with van der Waals surface area (Å²) in [5.74, 6) is 1.33. The van der Waals surface area contributed by atoms with E-state index >= 15 is 0 Å². The predicted octanol–water partition coefficient (Wildman–Crippen LogP) is 8.01. The van der Waals surface area contributed by atoms with Crippen molar-refractivity contribution in [1.82, 2.24) is 19.7 Å². The van der Waals surface area contributed by atoms with Crippen LogP contribution in [0.1, 0.15) is 31.9 Å². The number of aromatic nitrogens is 4. The van der Waals surface area contributed by atoms with Gasteiger partial charge in [0, 0.05) is 23.9 Å². The summed E-state index contributed by atoms with van der Waals surface area (Å²) in [7, 11) is 1.90. The third-order valence-corrected chi connectivity index (χ3v) is 7.88. The molecule has 6 aromatic rings. The average Bonchev–Trinajstić information content (AvgIpc) is 3.69. The Morgan fingerprint density at radius 2 is 1.80 bits per heavy atom. The first-order chi connectivity index (χ1) is 21.2. The second kappa shape index (κ2) is 11.8. The van der Waals surface area contributed by atoms with Gasteiger partial charge in [-0.3, -0.25) is 5.10 Å². The first kappa shape index (κ1) is 28.8. The van der Waals surface area contributed by atoms with Gasteiger partial charge < -0.3 is 19.9 Å². The number of carbonyl (C=O) groups excluding carboxylic acids is 1. The Morgan fingerprint density at radius 1 is 0.977 bits per heavy atom. The van der Waals surface area contributed by atoms with Crippen LogP contribution in [0.15, 0.2) is 91.4 Å². The zero-order chi connectivity index (χ0) is 30.8. The second-order valence-corrected chi connectivity index (χ2v) is 11.8. The van der Waals surface area contributed by atoms with Gasteiger partial charge in [0.25, 0.3) is 0 Å². The highest BCUT2D eigenvalue weighted by Crippen LogP contribution is 2.35. The van der Waals surface area contributed by atoms with Crippen LogP contribution in [0.4, 0.5) is 27.7 Å². The van der Waals surface area contributed by atoms with Crippen LogP contribution in [0.5, 0.6) is 5.75 Å². The normalized spacial score (nSPS) is 11.6. The molecule has 2 amide bonds. The van der Waals surface area contributed by atoms with Crippen molar-refractivity contribution in [2.75, 3.05) is 29.2 Å². The lowest BCUT2D eigenvalue weighted by molar-refractivity contribution is 0.259. The molecule has 6 rings (SSSR count). The topological polar surface area (TPSA) is 100 Å². The molecule has 0 aliphatic heterocycles. The average molecular weight is 588 g/mol. The Morgan fingerprint density at radius 3 is 2.55 bits per heavy atom. The van der Waals surface area contributed by atoms with E-state index in [0.717, 1.165) is 50.1 Å². The van der Waals surface area contributed by atoms with Crippen molar-refractivity contribution >= 4 is 50.7 Å². The minimum atomic E-state index is -0.296. The van der Waals surface area contributed by atoms with Gasteiger partial charge in [-0.25, -0.2) is 14.7 Å². The molecule has 9 nitrogen and oxygen atoms in total. The maximum Gasteiger partial charge on any atom is 0.332 e. The van der Waals surface area contributed by atoms with Crippen molar-refractivity contribution in [3.8, 4) is 5.75 Å². The highest BCUT2D eigenvalue weighted by molar-refractivity contribution is 6.11. The lowest BCUT2D eigenvalue weighted by Gasteiger charge is -2.27. The van der Waals surface area contributed by atoms with E-state index in [1.807, 2.05) is 68.8 Å². The van der Waals surface area contributed by atoms with E-state index < -0.39 is 0 Å². The van der Waals surface area contributed by atoms with E-state index in [9.17, 15) is 4.79 Å². The summed E-state index contributed by atoms with van der Waals surface area (Å²) in [4.78, 5) is 20.3. The fourth-order valence-electron chi connectivity index (χ4n) is 5.44. The number of amides is 2. The van der Waals surface area contributed by atoms with Gasteiger partial charge in [-0.1, -0.05) is 63.2 Å². The van der Waals surface area contributed by atoms with Crippen LogP contribution in [0.3, 0.4) is 0 Å². The minimum Gasteiger partial charge on any atom is -0.491 e. The SMILES string of the molecule is CNc1cccc2c1ncn2CCOc1ccc(NC(=O)N(c2ccn[nH]2)c2cc(C(C)(C)C)ccc2C)c2ccccc12. The van der Waals surface area contributed by atoms with Gasteiger partial charge in [-0.15, -0.1) is 0 Å². The first-order valence-corrected chi connectivity index (χ1v) is 14.7. The molecule has 0 bridgehead atoms. The zero-order valence-corrected chi connectivity index (χ0v) is 25.7. The molecule has 4 aromatic carbocycles.